The molecule has 27 heavy (non-hydrogen) atoms. The molecule has 2 amide bonds. The minimum Gasteiger partial charge on any atom is -0.331 e. The number of benzene rings is 2. The van der Waals surface area contributed by atoms with E-state index in [9.17, 15) is 14.4 Å². The van der Waals surface area contributed by atoms with Gasteiger partial charge in [-0.3, -0.25) is 14.4 Å². The van der Waals surface area contributed by atoms with E-state index in [2.05, 4.69) is 15.6 Å². The van der Waals surface area contributed by atoms with Gasteiger partial charge in [-0.2, -0.15) is 0 Å². The van der Waals surface area contributed by atoms with Crippen LogP contribution in [-0.4, -0.2) is 27.1 Å². The van der Waals surface area contributed by atoms with Crippen LogP contribution < -0.4 is 10.6 Å². The summed E-state index contributed by atoms with van der Waals surface area (Å²) in [4.78, 5) is 39.8. The van der Waals surface area contributed by atoms with Crippen LogP contribution in [0, 0.1) is 0 Å². The van der Waals surface area contributed by atoms with Crippen molar-refractivity contribution in [3.05, 3.63) is 77.9 Å². The van der Waals surface area contributed by atoms with Crippen molar-refractivity contribution in [3.8, 4) is 0 Å². The summed E-state index contributed by atoms with van der Waals surface area (Å²) in [6, 6.07) is 13.2. The summed E-state index contributed by atoms with van der Waals surface area (Å²) in [6.07, 6.45) is 3.28. The zero-order valence-corrected chi connectivity index (χ0v) is 14.9. The molecule has 2 aromatic carbocycles. The van der Waals surface area contributed by atoms with E-state index in [-0.39, 0.29) is 17.6 Å². The third kappa shape index (κ3) is 4.27. The van der Waals surface area contributed by atoms with E-state index < -0.39 is 0 Å². The Kier molecular flexibility index (Phi) is 5.12. The summed E-state index contributed by atoms with van der Waals surface area (Å²) >= 11 is 0. The normalized spacial score (nSPS) is 10.3. The number of amides is 2. The van der Waals surface area contributed by atoms with E-state index in [1.165, 1.54) is 6.92 Å². The van der Waals surface area contributed by atoms with Crippen molar-refractivity contribution < 1.29 is 14.4 Å². The van der Waals surface area contributed by atoms with E-state index >= 15 is 0 Å². The highest BCUT2D eigenvalue weighted by molar-refractivity contribution is 6.08. The second-order valence-electron chi connectivity index (χ2n) is 5.98. The number of aromatic nitrogens is 2. The minimum absolute atomic E-state index is 0.174. The second-order valence-corrected chi connectivity index (χ2v) is 5.98. The second kappa shape index (κ2) is 7.65. The predicted molar refractivity (Wildman–Crippen MR) is 102 cm³/mol. The molecule has 0 saturated heterocycles. The number of rotatable bonds is 5. The summed E-state index contributed by atoms with van der Waals surface area (Å²) in [6.45, 7) is 1.42. The number of anilines is 2. The van der Waals surface area contributed by atoms with Crippen LogP contribution in [0.4, 0.5) is 11.4 Å². The Bertz CT molecular complexity index is 989. The first-order valence-corrected chi connectivity index (χ1v) is 8.25. The number of imidazole rings is 1. The first-order valence-electron chi connectivity index (χ1n) is 8.25. The van der Waals surface area contributed by atoms with Crippen molar-refractivity contribution in [1.82, 2.24) is 9.55 Å². The molecule has 0 atom stereocenters. The smallest absolute Gasteiger partial charge is 0.255 e. The SMILES string of the molecule is CC(=O)Nc1ccc(C(=O)Nc2ccc(C(=O)c3nccn3C)cc2)cc1. The molecule has 0 saturated carbocycles. The third-order valence-corrected chi connectivity index (χ3v) is 3.90. The Hall–Kier alpha value is -3.74. The average Bonchev–Trinajstić information content (AvgIpc) is 3.08. The van der Waals surface area contributed by atoms with Gasteiger partial charge < -0.3 is 15.2 Å². The summed E-state index contributed by atoms with van der Waals surface area (Å²) in [5.74, 6) is -0.292. The fourth-order valence-corrected chi connectivity index (χ4v) is 2.53. The lowest BCUT2D eigenvalue weighted by Crippen LogP contribution is -2.13. The van der Waals surface area contributed by atoms with E-state index in [4.69, 9.17) is 0 Å². The number of hydrogen-bond donors (Lipinski definition) is 2. The van der Waals surface area contributed by atoms with Crippen molar-refractivity contribution in [2.24, 2.45) is 7.05 Å². The van der Waals surface area contributed by atoms with Crippen LogP contribution in [0.15, 0.2) is 60.9 Å². The van der Waals surface area contributed by atoms with Crippen LogP contribution in [0.5, 0.6) is 0 Å². The van der Waals surface area contributed by atoms with Crippen LogP contribution in [0.3, 0.4) is 0 Å². The average molecular weight is 362 g/mol. The molecule has 0 fully saturated rings. The molecule has 2 N–H and O–H groups in total. The van der Waals surface area contributed by atoms with Crippen molar-refractivity contribution in [3.63, 3.8) is 0 Å². The topological polar surface area (TPSA) is 93.1 Å². The van der Waals surface area contributed by atoms with Crippen molar-refractivity contribution in [1.29, 1.82) is 0 Å². The fraction of sp³-hybridized carbons (Fsp3) is 0.100. The molecule has 1 heterocycles. The largest absolute Gasteiger partial charge is 0.331 e. The van der Waals surface area contributed by atoms with Gasteiger partial charge in [-0.15, -0.1) is 0 Å². The molecule has 0 radical (unpaired) electrons. The zero-order chi connectivity index (χ0) is 19.4. The van der Waals surface area contributed by atoms with Gasteiger partial charge in [0.25, 0.3) is 5.91 Å². The molecule has 0 aliphatic carbocycles. The maximum absolute atomic E-state index is 12.4. The Morgan fingerprint density at radius 3 is 1.93 bits per heavy atom. The molecule has 3 rings (SSSR count). The summed E-state index contributed by atoms with van der Waals surface area (Å²) in [5.41, 5.74) is 2.14. The highest BCUT2D eigenvalue weighted by Crippen LogP contribution is 2.15. The number of ketones is 1. The van der Waals surface area contributed by atoms with Gasteiger partial charge in [0.05, 0.1) is 0 Å². The molecule has 136 valence electrons. The van der Waals surface area contributed by atoms with E-state index in [1.54, 1.807) is 72.5 Å². The lowest BCUT2D eigenvalue weighted by atomic mass is 10.1. The standard InChI is InChI=1S/C20H18N4O3/c1-13(25)22-16-9-5-15(6-10-16)20(27)23-17-7-3-14(4-8-17)18(26)19-21-11-12-24(19)2/h3-12H,1-2H3,(H,22,25)(H,23,27). The Balaban J connectivity index is 1.67. The van der Waals surface area contributed by atoms with Gasteiger partial charge >= 0.3 is 0 Å². The number of hydrogen-bond acceptors (Lipinski definition) is 4. The number of carbonyl (C=O) groups is 3. The Morgan fingerprint density at radius 2 is 1.41 bits per heavy atom. The van der Waals surface area contributed by atoms with Crippen LogP contribution >= 0.6 is 0 Å². The minimum atomic E-state index is -0.285. The van der Waals surface area contributed by atoms with Gasteiger partial charge in [-0.25, -0.2) is 4.98 Å². The molecule has 0 aliphatic rings. The van der Waals surface area contributed by atoms with Gasteiger partial charge in [0.15, 0.2) is 5.82 Å². The molecule has 0 unspecified atom stereocenters. The monoisotopic (exact) mass is 362 g/mol. The van der Waals surface area contributed by atoms with Crippen molar-refractivity contribution in [2.75, 3.05) is 10.6 Å². The van der Waals surface area contributed by atoms with Crippen LogP contribution in [0.1, 0.15) is 33.5 Å². The maximum Gasteiger partial charge on any atom is 0.255 e. The van der Waals surface area contributed by atoms with E-state index in [0.717, 1.165) is 0 Å². The van der Waals surface area contributed by atoms with Gasteiger partial charge in [0.1, 0.15) is 0 Å². The maximum atomic E-state index is 12.4. The molecule has 0 bridgehead atoms. The zero-order valence-electron chi connectivity index (χ0n) is 14.9. The highest BCUT2D eigenvalue weighted by atomic mass is 16.2. The van der Waals surface area contributed by atoms with Crippen LogP contribution in [0.2, 0.25) is 0 Å². The van der Waals surface area contributed by atoms with Gasteiger partial charge in [-0.05, 0) is 48.5 Å². The molecule has 0 aliphatic heterocycles. The van der Waals surface area contributed by atoms with Gasteiger partial charge in [0, 0.05) is 48.9 Å². The molecule has 3 aromatic rings. The van der Waals surface area contributed by atoms with Crippen LogP contribution in [-0.2, 0) is 11.8 Å². The predicted octanol–water partition coefficient (Wildman–Crippen LogP) is 2.86. The molecular formula is C20H18N4O3. The number of aryl methyl sites for hydroxylation is 1. The van der Waals surface area contributed by atoms with Gasteiger partial charge in [0.2, 0.25) is 11.7 Å². The molecule has 7 nitrogen and oxygen atoms in total. The molecule has 7 heteroatoms. The third-order valence-electron chi connectivity index (χ3n) is 3.90. The Labute approximate surface area is 156 Å². The molecular weight excluding hydrogens is 344 g/mol. The van der Waals surface area contributed by atoms with E-state index in [1.807, 2.05) is 0 Å². The van der Waals surface area contributed by atoms with E-state index in [0.29, 0.717) is 28.3 Å². The Morgan fingerprint density at radius 1 is 0.852 bits per heavy atom. The van der Waals surface area contributed by atoms with Crippen molar-refractivity contribution >= 4 is 29.0 Å². The molecule has 1 aromatic heterocycles. The fourth-order valence-electron chi connectivity index (χ4n) is 2.53. The summed E-state index contributed by atoms with van der Waals surface area (Å²) in [7, 11) is 1.76. The number of nitrogens with one attached hydrogen (secondary N) is 2. The van der Waals surface area contributed by atoms with Crippen LogP contribution in [0.25, 0.3) is 0 Å². The first-order chi connectivity index (χ1) is 12.9. The quantitative estimate of drug-likeness (QED) is 0.683. The summed E-state index contributed by atoms with van der Waals surface area (Å²) in [5, 5.41) is 5.42. The van der Waals surface area contributed by atoms with Gasteiger partial charge in [-0.1, -0.05) is 0 Å². The highest BCUT2D eigenvalue weighted by Gasteiger charge is 2.14. The van der Waals surface area contributed by atoms with Crippen molar-refractivity contribution in [2.45, 2.75) is 6.92 Å². The number of carbonyl (C=O) groups excluding carboxylic acids is 3. The summed E-state index contributed by atoms with van der Waals surface area (Å²) < 4.78 is 1.66. The lowest BCUT2D eigenvalue weighted by molar-refractivity contribution is -0.114. The molecule has 0 spiro atoms. The number of nitrogens with zero attached hydrogens (tertiary/aromatic N) is 2. The first kappa shape index (κ1) is 18.1. The lowest BCUT2D eigenvalue weighted by Gasteiger charge is -2.08.